The van der Waals surface area contributed by atoms with Gasteiger partial charge >= 0.3 is 0 Å². The zero-order valence-electron chi connectivity index (χ0n) is 19.1. The van der Waals surface area contributed by atoms with Crippen LogP contribution in [0.5, 0.6) is 23.0 Å². The second-order valence-corrected chi connectivity index (χ2v) is 9.64. The standard InChI is InChI=1S/C23H30N2O7S/c1-29-19-6-4-7-20(14-19)32-16-23(26)24-9-5-11-33(27,28)25-10-8-17-12-21(30-2)22(31-3)13-18(17)15-25/h4,6-7,12-14H,5,8-11,15-16H2,1-3H3,(H,24,26). The third-order valence-corrected chi connectivity index (χ3v) is 7.29. The number of amides is 1. The highest BCUT2D eigenvalue weighted by Gasteiger charge is 2.27. The maximum Gasteiger partial charge on any atom is 0.257 e. The molecule has 2 aromatic carbocycles. The van der Waals surface area contributed by atoms with Crippen LogP contribution in [0.4, 0.5) is 0 Å². The van der Waals surface area contributed by atoms with Gasteiger partial charge in [-0.3, -0.25) is 4.79 Å². The summed E-state index contributed by atoms with van der Waals surface area (Å²) < 4.78 is 48.3. The molecule has 0 bridgehead atoms. The molecule has 0 saturated heterocycles. The number of ether oxygens (including phenoxy) is 4. The fraction of sp³-hybridized carbons (Fsp3) is 0.435. The van der Waals surface area contributed by atoms with Crippen LogP contribution >= 0.6 is 0 Å². The van der Waals surface area contributed by atoms with Gasteiger partial charge < -0.3 is 24.3 Å². The van der Waals surface area contributed by atoms with Crippen molar-refractivity contribution in [2.75, 3.05) is 46.8 Å². The first-order valence-electron chi connectivity index (χ1n) is 10.6. The van der Waals surface area contributed by atoms with Crippen LogP contribution in [0.15, 0.2) is 36.4 Å². The van der Waals surface area contributed by atoms with E-state index in [0.29, 0.717) is 48.9 Å². The van der Waals surface area contributed by atoms with Crippen molar-refractivity contribution in [3.05, 3.63) is 47.5 Å². The Bertz CT molecular complexity index is 1070. The molecule has 33 heavy (non-hydrogen) atoms. The summed E-state index contributed by atoms with van der Waals surface area (Å²) in [7, 11) is 1.22. The van der Waals surface area contributed by atoms with E-state index in [2.05, 4.69) is 5.32 Å². The lowest BCUT2D eigenvalue weighted by atomic mass is 10.0. The quantitative estimate of drug-likeness (QED) is 0.493. The van der Waals surface area contributed by atoms with E-state index in [0.717, 1.165) is 11.1 Å². The largest absolute Gasteiger partial charge is 0.497 e. The minimum absolute atomic E-state index is 0.0490. The monoisotopic (exact) mass is 478 g/mol. The Morgan fingerprint density at radius 3 is 2.39 bits per heavy atom. The van der Waals surface area contributed by atoms with Crippen LogP contribution in [0.2, 0.25) is 0 Å². The Hall–Kier alpha value is -2.98. The first kappa shape index (κ1) is 24.7. The first-order valence-corrected chi connectivity index (χ1v) is 12.2. The number of sulfonamides is 1. The van der Waals surface area contributed by atoms with Gasteiger partial charge in [-0.2, -0.15) is 4.31 Å². The lowest BCUT2D eigenvalue weighted by Crippen LogP contribution is -2.38. The van der Waals surface area contributed by atoms with Crippen LogP contribution in [0, 0.1) is 0 Å². The maximum absolute atomic E-state index is 12.8. The van der Waals surface area contributed by atoms with Gasteiger partial charge in [-0.1, -0.05) is 6.07 Å². The van der Waals surface area contributed by atoms with Gasteiger partial charge in [-0.05, 0) is 48.2 Å². The molecule has 1 aliphatic heterocycles. The van der Waals surface area contributed by atoms with E-state index in [1.54, 1.807) is 45.6 Å². The summed E-state index contributed by atoms with van der Waals surface area (Å²) in [5, 5.41) is 2.69. The smallest absolute Gasteiger partial charge is 0.257 e. The molecule has 0 spiro atoms. The number of methoxy groups -OCH3 is 3. The van der Waals surface area contributed by atoms with E-state index in [1.165, 1.54) is 4.31 Å². The van der Waals surface area contributed by atoms with Gasteiger partial charge in [0, 0.05) is 25.7 Å². The molecule has 1 amide bonds. The fourth-order valence-corrected chi connectivity index (χ4v) is 5.07. The van der Waals surface area contributed by atoms with Crippen molar-refractivity contribution in [3.8, 4) is 23.0 Å². The third kappa shape index (κ3) is 6.52. The van der Waals surface area contributed by atoms with Gasteiger partial charge in [0.05, 0.1) is 27.1 Å². The molecule has 0 aromatic heterocycles. The average molecular weight is 479 g/mol. The van der Waals surface area contributed by atoms with Crippen LogP contribution in [0.25, 0.3) is 0 Å². The Morgan fingerprint density at radius 2 is 1.70 bits per heavy atom. The van der Waals surface area contributed by atoms with Gasteiger partial charge in [-0.25, -0.2) is 8.42 Å². The molecular weight excluding hydrogens is 448 g/mol. The SMILES string of the molecule is COc1cccc(OCC(=O)NCCCS(=O)(=O)N2CCc3cc(OC)c(OC)cc3C2)c1. The Morgan fingerprint density at radius 1 is 1.00 bits per heavy atom. The van der Waals surface area contributed by atoms with Crippen LogP contribution in [-0.4, -0.2) is 65.4 Å². The van der Waals surface area contributed by atoms with Gasteiger partial charge in [0.25, 0.3) is 5.91 Å². The number of carbonyl (C=O) groups is 1. The predicted molar refractivity (Wildman–Crippen MR) is 124 cm³/mol. The van der Waals surface area contributed by atoms with Crippen molar-refractivity contribution >= 4 is 15.9 Å². The van der Waals surface area contributed by atoms with Crippen LogP contribution in [0.1, 0.15) is 17.5 Å². The molecule has 1 heterocycles. The topological polar surface area (TPSA) is 103 Å². The maximum atomic E-state index is 12.8. The number of fused-ring (bicyclic) bond motifs is 1. The minimum Gasteiger partial charge on any atom is -0.497 e. The first-order chi connectivity index (χ1) is 15.9. The molecule has 0 atom stereocenters. The molecule has 1 N–H and O–H groups in total. The molecule has 0 unspecified atom stereocenters. The highest BCUT2D eigenvalue weighted by atomic mass is 32.2. The number of benzene rings is 2. The van der Waals surface area contributed by atoms with Crippen molar-refractivity contribution in [2.24, 2.45) is 0 Å². The van der Waals surface area contributed by atoms with Crippen LogP contribution in [-0.2, 0) is 27.8 Å². The summed E-state index contributed by atoms with van der Waals surface area (Å²) in [4.78, 5) is 12.0. The molecule has 0 radical (unpaired) electrons. The van der Waals surface area contributed by atoms with E-state index in [-0.39, 0.29) is 24.8 Å². The molecule has 3 rings (SSSR count). The van der Waals surface area contributed by atoms with E-state index >= 15 is 0 Å². The number of hydrogen-bond acceptors (Lipinski definition) is 7. The van der Waals surface area contributed by atoms with Crippen molar-refractivity contribution in [1.29, 1.82) is 0 Å². The highest BCUT2D eigenvalue weighted by molar-refractivity contribution is 7.89. The number of nitrogens with one attached hydrogen (secondary N) is 1. The molecule has 2 aromatic rings. The number of carbonyl (C=O) groups excluding carboxylic acids is 1. The zero-order valence-corrected chi connectivity index (χ0v) is 19.9. The van der Waals surface area contributed by atoms with Crippen LogP contribution < -0.4 is 24.3 Å². The van der Waals surface area contributed by atoms with E-state index in [4.69, 9.17) is 18.9 Å². The molecular formula is C23H30N2O7S. The summed E-state index contributed by atoms with van der Waals surface area (Å²) in [6, 6.07) is 10.7. The summed E-state index contributed by atoms with van der Waals surface area (Å²) in [5.74, 6) is 2.01. The molecule has 0 saturated carbocycles. The fourth-order valence-electron chi connectivity index (χ4n) is 3.60. The third-order valence-electron chi connectivity index (χ3n) is 5.39. The molecule has 10 heteroatoms. The molecule has 1 aliphatic rings. The second-order valence-electron chi connectivity index (χ2n) is 7.55. The van der Waals surface area contributed by atoms with Gasteiger partial charge in [0.2, 0.25) is 10.0 Å². The molecule has 180 valence electrons. The lowest BCUT2D eigenvalue weighted by Gasteiger charge is -2.29. The normalized spacial score (nSPS) is 13.7. The number of hydrogen-bond donors (Lipinski definition) is 1. The molecule has 9 nitrogen and oxygen atoms in total. The van der Waals surface area contributed by atoms with Gasteiger partial charge in [0.1, 0.15) is 11.5 Å². The average Bonchev–Trinajstić information content (AvgIpc) is 2.84. The number of rotatable bonds is 11. The Labute approximate surface area is 194 Å². The van der Waals surface area contributed by atoms with Crippen molar-refractivity contribution in [3.63, 3.8) is 0 Å². The Kier molecular flexibility index (Phi) is 8.40. The van der Waals surface area contributed by atoms with Crippen molar-refractivity contribution < 1.29 is 32.2 Å². The van der Waals surface area contributed by atoms with Gasteiger partial charge in [-0.15, -0.1) is 0 Å². The number of nitrogens with zero attached hydrogens (tertiary/aromatic N) is 1. The van der Waals surface area contributed by atoms with Gasteiger partial charge in [0.15, 0.2) is 18.1 Å². The van der Waals surface area contributed by atoms with E-state index < -0.39 is 10.0 Å². The predicted octanol–water partition coefficient (Wildman–Crippen LogP) is 1.99. The zero-order chi connectivity index (χ0) is 23.8. The van der Waals surface area contributed by atoms with Crippen LogP contribution in [0.3, 0.4) is 0 Å². The van der Waals surface area contributed by atoms with E-state index in [9.17, 15) is 13.2 Å². The highest BCUT2D eigenvalue weighted by Crippen LogP contribution is 2.33. The lowest BCUT2D eigenvalue weighted by molar-refractivity contribution is -0.123. The van der Waals surface area contributed by atoms with Crippen molar-refractivity contribution in [2.45, 2.75) is 19.4 Å². The van der Waals surface area contributed by atoms with E-state index in [1.807, 2.05) is 12.1 Å². The Balaban J connectivity index is 1.45. The molecule has 0 aliphatic carbocycles. The summed E-state index contributed by atoms with van der Waals surface area (Å²) >= 11 is 0. The summed E-state index contributed by atoms with van der Waals surface area (Å²) in [6.45, 7) is 0.785. The second kappa shape index (κ2) is 11.2. The summed E-state index contributed by atoms with van der Waals surface area (Å²) in [5.41, 5.74) is 1.97. The molecule has 0 fully saturated rings. The minimum atomic E-state index is -3.46. The summed E-state index contributed by atoms with van der Waals surface area (Å²) in [6.07, 6.45) is 0.912. The van der Waals surface area contributed by atoms with Crippen molar-refractivity contribution in [1.82, 2.24) is 9.62 Å².